The highest BCUT2D eigenvalue weighted by molar-refractivity contribution is 9.10. The molecule has 0 aliphatic carbocycles. The highest BCUT2D eigenvalue weighted by Crippen LogP contribution is 2.29. The molecule has 0 radical (unpaired) electrons. The molecule has 1 heterocycles. The minimum atomic E-state index is -4.72. The molecule has 0 aliphatic heterocycles. The number of ether oxygens (including phenoxy) is 1. The Balaban J connectivity index is 3.02. The number of halogens is 4. The average molecular weight is 271 g/mol. The van der Waals surface area contributed by atoms with Gasteiger partial charge in [0.05, 0.1) is 0 Å². The van der Waals surface area contributed by atoms with E-state index < -0.39 is 6.36 Å². The molecule has 0 spiro atoms. The maximum absolute atomic E-state index is 11.9. The van der Waals surface area contributed by atoms with E-state index in [0.717, 1.165) is 6.07 Å². The van der Waals surface area contributed by atoms with Gasteiger partial charge in [0.25, 0.3) is 0 Å². The van der Waals surface area contributed by atoms with E-state index >= 15 is 0 Å². The summed E-state index contributed by atoms with van der Waals surface area (Å²) >= 11 is 2.98. The van der Waals surface area contributed by atoms with Crippen molar-refractivity contribution in [2.75, 3.05) is 0 Å². The Kier molecular flexibility index (Phi) is 3.33. The summed E-state index contributed by atoms with van der Waals surface area (Å²) in [5.41, 5.74) is 5.44. The molecule has 0 saturated heterocycles. The van der Waals surface area contributed by atoms with Gasteiger partial charge in [-0.25, -0.2) is 4.98 Å². The summed E-state index contributed by atoms with van der Waals surface area (Å²) in [5, 5.41) is 0. The number of hydrogen-bond acceptors (Lipinski definition) is 3. The summed E-state index contributed by atoms with van der Waals surface area (Å²) in [7, 11) is 0. The summed E-state index contributed by atoms with van der Waals surface area (Å²) in [6, 6.07) is 1.11. The van der Waals surface area contributed by atoms with Crippen LogP contribution in [0.2, 0.25) is 0 Å². The van der Waals surface area contributed by atoms with Crippen LogP contribution in [0.15, 0.2) is 16.9 Å². The monoisotopic (exact) mass is 270 g/mol. The third-order valence-electron chi connectivity index (χ3n) is 1.39. The minimum absolute atomic E-state index is 0.0835. The van der Waals surface area contributed by atoms with Gasteiger partial charge in [-0.15, -0.1) is 13.2 Å². The van der Waals surface area contributed by atoms with Crippen LogP contribution in [-0.4, -0.2) is 11.3 Å². The fourth-order valence-corrected chi connectivity index (χ4v) is 1.33. The number of alkyl halides is 3. The molecule has 7 heteroatoms. The molecule has 1 rings (SSSR count). The topological polar surface area (TPSA) is 48.1 Å². The second kappa shape index (κ2) is 4.14. The highest BCUT2D eigenvalue weighted by Gasteiger charge is 2.32. The van der Waals surface area contributed by atoms with Crippen molar-refractivity contribution in [1.29, 1.82) is 0 Å². The van der Waals surface area contributed by atoms with Crippen LogP contribution in [0.25, 0.3) is 0 Å². The Bertz CT molecular complexity index is 329. The molecule has 0 unspecified atom stereocenters. The first-order valence-corrected chi connectivity index (χ1v) is 4.32. The van der Waals surface area contributed by atoms with Crippen LogP contribution in [-0.2, 0) is 6.54 Å². The average Bonchev–Trinajstić information content (AvgIpc) is 2.01. The lowest BCUT2D eigenvalue weighted by molar-refractivity contribution is -0.274. The van der Waals surface area contributed by atoms with Crippen LogP contribution in [0.4, 0.5) is 13.2 Å². The lowest BCUT2D eigenvalue weighted by atomic mass is 10.2. The molecule has 2 N–H and O–H groups in total. The first-order chi connectivity index (χ1) is 6.44. The Morgan fingerprint density at radius 2 is 2.14 bits per heavy atom. The molecule has 0 atom stereocenters. The van der Waals surface area contributed by atoms with Crippen molar-refractivity contribution in [2.24, 2.45) is 5.73 Å². The first kappa shape index (κ1) is 11.3. The summed E-state index contributed by atoms with van der Waals surface area (Å²) in [6.45, 7) is -0.0835. The SMILES string of the molecule is NCc1c(OC(F)(F)F)ccnc1Br. The molecule has 1 aromatic rings. The van der Waals surface area contributed by atoms with Gasteiger partial charge >= 0.3 is 6.36 Å². The zero-order chi connectivity index (χ0) is 10.8. The maximum Gasteiger partial charge on any atom is 0.573 e. The number of rotatable bonds is 2. The molecule has 1 aromatic heterocycles. The van der Waals surface area contributed by atoms with Crippen LogP contribution in [0, 0.1) is 0 Å². The lowest BCUT2D eigenvalue weighted by Gasteiger charge is -2.12. The van der Waals surface area contributed by atoms with E-state index in [9.17, 15) is 13.2 Å². The Labute approximate surface area is 86.2 Å². The molecule has 0 amide bonds. The van der Waals surface area contributed by atoms with E-state index in [4.69, 9.17) is 5.73 Å². The van der Waals surface area contributed by atoms with Gasteiger partial charge in [-0.05, 0) is 22.0 Å². The predicted octanol–water partition coefficient (Wildman–Crippen LogP) is 2.20. The summed E-state index contributed by atoms with van der Waals surface area (Å²) in [6.07, 6.45) is -3.52. The number of hydrogen-bond donors (Lipinski definition) is 1. The number of nitrogens with two attached hydrogens (primary N) is 1. The van der Waals surface area contributed by atoms with E-state index in [1.807, 2.05) is 0 Å². The van der Waals surface area contributed by atoms with Gasteiger partial charge in [0.15, 0.2) is 0 Å². The van der Waals surface area contributed by atoms with Gasteiger partial charge in [-0.2, -0.15) is 0 Å². The maximum atomic E-state index is 11.9. The second-order valence-electron chi connectivity index (χ2n) is 2.33. The normalized spacial score (nSPS) is 11.5. The molecular weight excluding hydrogens is 265 g/mol. The lowest BCUT2D eigenvalue weighted by Crippen LogP contribution is -2.19. The molecule has 0 bridgehead atoms. The Hall–Kier alpha value is -0.820. The van der Waals surface area contributed by atoms with Crippen molar-refractivity contribution < 1.29 is 17.9 Å². The van der Waals surface area contributed by atoms with Gasteiger partial charge < -0.3 is 10.5 Å². The third-order valence-corrected chi connectivity index (χ3v) is 2.07. The molecule has 78 valence electrons. The van der Waals surface area contributed by atoms with Crippen molar-refractivity contribution >= 4 is 15.9 Å². The van der Waals surface area contributed by atoms with Crippen LogP contribution in [0.5, 0.6) is 5.75 Å². The summed E-state index contributed by atoms with van der Waals surface area (Å²) in [4.78, 5) is 3.73. The van der Waals surface area contributed by atoms with Crippen molar-refractivity contribution in [2.45, 2.75) is 12.9 Å². The van der Waals surface area contributed by atoms with Crippen molar-refractivity contribution in [3.63, 3.8) is 0 Å². The number of aromatic nitrogens is 1. The van der Waals surface area contributed by atoms with Crippen LogP contribution < -0.4 is 10.5 Å². The molecule has 0 fully saturated rings. The largest absolute Gasteiger partial charge is 0.573 e. The molecule has 3 nitrogen and oxygen atoms in total. The van der Waals surface area contributed by atoms with E-state index in [1.54, 1.807) is 0 Å². The standard InChI is InChI=1S/C7H6BrF3N2O/c8-6-4(3-12)5(1-2-13-6)14-7(9,10)11/h1-2H,3,12H2. The van der Waals surface area contributed by atoms with Crippen molar-refractivity contribution in [1.82, 2.24) is 4.98 Å². The fraction of sp³-hybridized carbons (Fsp3) is 0.286. The first-order valence-electron chi connectivity index (χ1n) is 3.53. The third kappa shape index (κ3) is 2.85. The minimum Gasteiger partial charge on any atom is -0.405 e. The Morgan fingerprint density at radius 3 is 2.64 bits per heavy atom. The Morgan fingerprint density at radius 1 is 1.50 bits per heavy atom. The summed E-state index contributed by atoms with van der Waals surface area (Å²) < 4.78 is 39.7. The summed E-state index contributed by atoms with van der Waals surface area (Å²) in [5.74, 6) is -0.332. The highest BCUT2D eigenvalue weighted by atomic mass is 79.9. The quantitative estimate of drug-likeness (QED) is 0.839. The van der Waals surface area contributed by atoms with Crippen molar-refractivity contribution in [3.05, 3.63) is 22.4 Å². The van der Waals surface area contributed by atoms with Gasteiger partial charge in [-0.3, -0.25) is 0 Å². The smallest absolute Gasteiger partial charge is 0.405 e. The van der Waals surface area contributed by atoms with Gasteiger partial charge in [0, 0.05) is 18.3 Å². The predicted molar refractivity (Wildman–Crippen MR) is 46.5 cm³/mol. The van der Waals surface area contributed by atoms with Gasteiger partial charge in [0.1, 0.15) is 10.4 Å². The molecule has 0 saturated carbocycles. The zero-order valence-corrected chi connectivity index (χ0v) is 8.39. The zero-order valence-electron chi connectivity index (χ0n) is 6.81. The number of nitrogens with zero attached hydrogens (tertiary/aromatic N) is 1. The van der Waals surface area contributed by atoms with E-state index in [1.165, 1.54) is 6.20 Å². The van der Waals surface area contributed by atoms with Crippen molar-refractivity contribution in [3.8, 4) is 5.75 Å². The van der Waals surface area contributed by atoms with E-state index in [2.05, 4.69) is 25.7 Å². The van der Waals surface area contributed by atoms with Crippen LogP contribution >= 0.6 is 15.9 Å². The van der Waals surface area contributed by atoms with Crippen LogP contribution in [0.1, 0.15) is 5.56 Å². The van der Waals surface area contributed by atoms with E-state index in [-0.39, 0.29) is 22.5 Å². The second-order valence-corrected chi connectivity index (χ2v) is 3.08. The number of pyridine rings is 1. The van der Waals surface area contributed by atoms with Crippen LogP contribution in [0.3, 0.4) is 0 Å². The van der Waals surface area contributed by atoms with Gasteiger partial charge in [-0.1, -0.05) is 0 Å². The van der Waals surface area contributed by atoms with Gasteiger partial charge in [0.2, 0.25) is 0 Å². The molecule has 0 aliphatic rings. The fourth-order valence-electron chi connectivity index (χ4n) is 0.856. The molecule has 0 aromatic carbocycles. The molecular formula is C7H6BrF3N2O. The van der Waals surface area contributed by atoms with E-state index in [0.29, 0.717) is 0 Å². The molecule has 14 heavy (non-hydrogen) atoms.